The normalized spacial score (nSPS) is 20.2. The summed E-state index contributed by atoms with van der Waals surface area (Å²) in [5, 5.41) is 3.01. The minimum Gasteiger partial charge on any atom is -0.490 e. The summed E-state index contributed by atoms with van der Waals surface area (Å²) >= 11 is 0. The van der Waals surface area contributed by atoms with E-state index in [1.54, 1.807) is 0 Å². The van der Waals surface area contributed by atoms with E-state index in [1.807, 2.05) is 39.0 Å². The van der Waals surface area contributed by atoms with Crippen LogP contribution in [0.2, 0.25) is 0 Å². The van der Waals surface area contributed by atoms with Gasteiger partial charge in [-0.25, -0.2) is 0 Å². The van der Waals surface area contributed by atoms with Crippen LogP contribution in [0, 0.1) is 11.8 Å². The molecule has 0 unspecified atom stereocenters. The number of carbonyl (C=O) groups is 2. The molecule has 2 atom stereocenters. The first-order valence-electron chi connectivity index (χ1n) is 9.24. The van der Waals surface area contributed by atoms with Crippen molar-refractivity contribution in [3.8, 4) is 11.5 Å². The lowest BCUT2D eigenvalue weighted by atomic mass is 9.81. The molecular weight excluding hydrogens is 318 g/mol. The van der Waals surface area contributed by atoms with E-state index < -0.39 is 0 Å². The number of carbonyl (C=O) groups excluding carboxylic acids is 2. The highest BCUT2D eigenvalue weighted by Gasteiger charge is 2.29. The Bertz CT molecular complexity index is 599. The van der Waals surface area contributed by atoms with Crippen molar-refractivity contribution in [2.75, 3.05) is 19.8 Å². The zero-order chi connectivity index (χ0) is 18.2. The van der Waals surface area contributed by atoms with E-state index in [4.69, 9.17) is 9.47 Å². The molecule has 138 valence electrons. The van der Waals surface area contributed by atoms with Gasteiger partial charge >= 0.3 is 0 Å². The minimum atomic E-state index is -0.0352. The van der Waals surface area contributed by atoms with Gasteiger partial charge in [-0.3, -0.25) is 9.59 Å². The topological polar surface area (TPSA) is 64.6 Å². The molecule has 1 aromatic rings. The average molecular weight is 347 g/mol. The standard InChI is InChI=1S/C20H29NO4/c1-4-24-18-9-6-15(13-19(18)25-5-2)10-11-21-20(23)16-7-8-17(22)14(3)12-16/h6,9,13-14,16H,4-5,7-8,10-12H2,1-3H3,(H,21,23)/t14-,16-/m1/s1. The van der Waals surface area contributed by atoms with Gasteiger partial charge in [0.25, 0.3) is 0 Å². The van der Waals surface area contributed by atoms with E-state index in [1.165, 1.54) is 0 Å². The molecule has 0 spiro atoms. The van der Waals surface area contributed by atoms with E-state index in [0.29, 0.717) is 39.0 Å². The molecule has 1 aromatic carbocycles. The van der Waals surface area contributed by atoms with Crippen LogP contribution in [0.15, 0.2) is 18.2 Å². The van der Waals surface area contributed by atoms with Gasteiger partial charge in [-0.2, -0.15) is 0 Å². The van der Waals surface area contributed by atoms with E-state index in [9.17, 15) is 9.59 Å². The highest BCUT2D eigenvalue weighted by molar-refractivity contribution is 5.85. The molecule has 0 aliphatic heterocycles. The number of amides is 1. The molecule has 0 saturated heterocycles. The van der Waals surface area contributed by atoms with Gasteiger partial charge < -0.3 is 14.8 Å². The number of ether oxygens (including phenoxy) is 2. The van der Waals surface area contributed by atoms with Gasteiger partial charge in [-0.05, 0) is 50.8 Å². The maximum Gasteiger partial charge on any atom is 0.223 e. The smallest absolute Gasteiger partial charge is 0.223 e. The molecule has 1 amide bonds. The Labute approximate surface area is 150 Å². The summed E-state index contributed by atoms with van der Waals surface area (Å²) in [7, 11) is 0. The van der Waals surface area contributed by atoms with E-state index in [2.05, 4.69) is 5.32 Å². The molecule has 2 rings (SSSR count). The lowest BCUT2D eigenvalue weighted by Crippen LogP contribution is -2.36. The molecule has 1 aliphatic carbocycles. The Morgan fingerprint density at radius 3 is 2.60 bits per heavy atom. The van der Waals surface area contributed by atoms with Crippen LogP contribution in [0.1, 0.15) is 45.6 Å². The quantitative estimate of drug-likeness (QED) is 0.784. The lowest BCUT2D eigenvalue weighted by Gasteiger charge is -2.24. The SMILES string of the molecule is CCOc1ccc(CCNC(=O)[C@@H]2CCC(=O)[C@H](C)C2)cc1OCC. The first-order chi connectivity index (χ1) is 12.0. The van der Waals surface area contributed by atoms with Crippen molar-refractivity contribution in [1.82, 2.24) is 5.32 Å². The van der Waals surface area contributed by atoms with E-state index in [-0.39, 0.29) is 23.5 Å². The van der Waals surface area contributed by atoms with Crippen molar-refractivity contribution in [2.24, 2.45) is 11.8 Å². The Hall–Kier alpha value is -2.04. The molecule has 0 radical (unpaired) electrons. The summed E-state index contributed by atoms with van der Waals surface area (Å²) in [6, 6.07) is 5.89. The Morgan fingerprint density at radius 2 is 1.92 bits per heavy atom. The number of Topliss-reactive ketones (excluding diaryl/α,β-unsaturated/α-hetero) is 1. The second kappa shape index (κ2) is 9.44. The number of nitrogens with one attached hydrogen (secondary N) is 1. The van der Waals surface area contributed by atoms with Crippen LogP contribution in [0.3, 0.4) is 0 Å². The molecule has 1 saturated carbocycles. The first kappa shape index (κ1) is 19.3. The fourth-order valence-corrected chi connectivity index (χ4v) is 3.20. The molecule has 1 fully saturated rings. The molecule has 25 heavy (non-hydrogen) atoms. The van der Waals surface area contributed by atoms with Crippen molar-refractivity contribution < 1.29 is 19.1 Å². The van der Waals surface area contributed by atoms with Crippen molar-refractivity contribution in [3.63, 3.8) is 0 Å². The highest BCUT2D eigenvalue weighted by Crippen LogP contribution is 2.29. The Kier molecular flexibility index (Phi) is 7.29. The van der Waals surface area contributed by atoms with Gasteiger partial charge in [0, 0.05) is 24.8 Å². The third-order valence-electron chi connectivity index (χ3n) is 4.62. The number of hydrogen-bond donors (Lipinski definition) is 1. The maximum absolute atomic E-state index is 12.3. The predicted molar refractivity (Wildman–Crippen MR) is 97.0 cm³/mol. The highest BCUT2D eigenvalue weighted by atomic mass is 16.5. The van der Waals surface area contributed by atoms with E-state index >= 15 is 0 Å². The van der Waals surface area contributed by atoms with Gasteiger partial charge in [0.1, 0.15) is 5.78 Å². The zero-order valence-electron chi connectivity index (χ0n) is 15.5. The second-order valence-corrected chi connectivity index (χ2v) is 6.53. The first-order valence-corrected chi connectivity index (χ1v) is 9.24. The number of hydrogen-bond acceptors (Lipinski definition) is 4. The second-order valence-electron chi connectivity index (χ2n) is 6.53. The molecule has 5 nitrogen and oxygen atoms in total. The van der Waals surface area contributed by atoms with Crippen molar-refractivity contribution >= 4 is 11.7 Å². The van der Waals surface area contributed by atoms with Crippen LogP contribution >= 0.6 is 0 Å². The fourth-order valence-electron chi connectivity index (χ4n) is 3.20. The van der Waals surface area contributed by atoms with Crippen molar-refractivity contribution in [1.29, 1.82) is 0 Å². The molecule has 0 heterocycles. The van der Waals surface area contributed by atoms with Gasteiger partial charge in [-0.1, -0.05) is 13.0 Å². The van der Waals surface area contributed by atoms with Crippen LogP contribution in [0.25, 0.3) is 0 Å². The fraction of sp³-hybridized carbons (Fsp3) is 0.600. The van der Waals surface area contributed by atoms with Crippen LogP contribution in [0.4, 0.5) is 0 Å². The van der Waals surface area contributed by atoms with Crippen LogP contribution in [0.5, 0.6) is 11.5 Å². The average Bonchev–Trinajstić information content (AvgIpc) is 2.60. The van der Waals surface area contributed by atoms with Gasteiger partial charge in [0.2, 0.25) is 5.91 Å². The summed E-state index contributed by atoms with van der Waals surface area (Å²) in [5.74, 6) is 1.80. The maximum atomic E-state index is 12.3. The summed E-state index contributed by atoms with van der Waals surface area (Å²) in [6.07, 6.45) is 2.60. The predicted octanol–water partition coefficient (Wildman–Crippen LogP) is 3.15. The van der Waals surface area contributed by atoms with E-state index in [0.717, 1.165) is 23.5 Å². The van der Waals surface area contributed by atoms with Crippen molar-refractivity contribution in [3.05, 3.63) is 23.8 Å². The van der Waals surface area contributed by atoms with Gasteiger partial charge in [0.15, 0.2) is 11.5 Å². The minimum absolute atomic E-state index is 0.00404. The van der Waals surface area contributed by atoms with Gasteiger partial charge in [0.05, 0.1) is 13.2 Å². The van der Waals surface area contributed by atoms with Crippen LogP contribution < -0.4 is 14.8 Å². The van der Waals surface area contributed by atoms with Gasteiger partial charge in [-0.15, -0.1) is 0 Å². The van der Waals surface area contributed by atoms with Crippen LogP contribution in [-0.2, 0) is 16.0 Å². The monoisotopic (exact) mass is 347 g/mol. The van der Waals surface area contributed by atoms with Crippen LogP contribution in [-0.4, -0.2) is 31.4 Å². The zero-order valence-corrected chi connectivity index (χ0v) is 15.5. The summed E-state index contributed by atoms with van der Waals surface area (Å²) in [4.78, 5) is 23.8. The molecule has 1 N–H and O–H groups in total. The van der Waals surface area contributed by atoms with Crippen molar-refractivity contribution in [2.45, 2.75) is 46.5 Å². The third kappa shape index (κ3) is 5.48. The summed E-state index contributed by atoms with van der Waals surface area (Å²) < 4.78 is 11.2. The molecule has 0 bridgehead atoms. The largest absolute Gasteiger partial charge is 0.490 e. The molecule has 1 aliphatic rings. The third-order valence-corrected chi connectivity index (χ3v) is 4.62. The molecular formula is C20H29NO4. The molecule has 0 aromatic heterocycles. The number of benzene rings is 1. The summed E-state index contributed by atoms with van der Waals surface area (Å²) in [6.45, 7) is 7.56. The molecule has 5 heteroatoms. The Balaban J connectivity index is 1.85. The number of rotatable bonds is 8. The lowest BCUT2D eigenvalue weighted by molar-refractivity contribution is -0.130. The number of ketones is 1. The Morgan fingerprint density at radius 1 is 1.20 bits per heavy atom. The summed E-state index contributed by atoms with van der Waals surface area (Å²) in [5.41, 5.74) is 1.10.